The first-order valence-electron chi connectivity index (χ1n) is 9.16. The van der Waals surface area contributed by atoms with E-state index >= 15 is 0 Å². The number of hydrogen-bond donors (Lipinski definition) is 1. The average Bonchev–Trinajstić information content (AvgIpc) is 3.46. The number of benzene rings is 2. The van der Waals surface area contributed by atoms with Crippen molar-refractivity contribution < 1.29 is 23.2 Å². The monoisotopic (exact) mass is 384 g/mol. The van der Waals surface area contributed by atoms with E-state index in [2.05, 4.69) is 5.32 Å². The molecular formula is C21H18F2N2O3. The molecule has 1 heterocycles. The molecule has 0 aromatic heterocycles. The number of amides is 2. The first-order valence-corrected chi connectivity index (χ1v) is 9.16. The molecule has 1 unspecified atom stereocenters. The largest absolute Gasteiger partial charge is 0.323 e. The molecule has 1 saturated carbocycles. The molecule has 1 atom stereocenters. The standard InChI is InChI=1S/C21H18F2N2O3/c1-2-25-17-8-5-12(19(26)11-3-4-11)9-14(17)18(21(25)28)20(27)24-16-7-6-13(22)10-15(16)23/h5-11,18H,2-4H2,1H3,(H,24,27). The number of nitrogens with one attached hydrogen (secondary N) is 1. The highest BCUT2D eigenvalue weighted by molar-refractivity contribution is 6.20. The summed E-state index contributed by atoms with van der Waals surface area (Å²) in [5, 5.41) is 2.37. The van der Waals surface area contributed by atoms with Gasteiger partial charge < -0.3 is 10.2 Å². The molecule has 28 heavy (non-hydrogen) atoms. The maximum atomic E-state index is 13.9. The fourth-order valence-corrected chi connectivity index (χ4v) is 3.55. The van der Waals surface area contributed by atoms with Gasteiger partial charge in [-0.2, -0.15) is 0 Å². The van der Waals surface area contributed by atoms with Gasteiger partial charge >= 0.3 is 0 Å². The highest BCUT2D eigenvalue weighted by Crippen LogP contribution is 2.40. The van der Waals surface area contributed by atoms with E-state index in [1.54, 1.807) is 25.1 Å². The van der Waals surface area contributed by atoms with Crippen LogP contribution in [0, 0.1) is 17.6 Å². The van der Waals surface area contributed by atoms with E-state index in [4.69, 9.17) is 0 Å². The van der Waals surface area contributed by atoms with E-state index in [9.17, 15) is 23.2 Å². The number of hydrogen-bond acceptors (Lipinski definition) is 3. The highest BCUT2D eigenvalue weighted by atomic mass is 19.1. The number of anilines is 2. The highest BCUT2D eigenvalue weighted by Gasteiger charge is 2.42. The summed E-state index contributed by atoms with van der Waals surface area (Å²) in [6.07, 6.45) is 1.70. The Kier molecular flexibility index (Phi) is 4.45. The summed E-state index contributed by atoms with van der Waals surface area (Å²) in [4.78, 5) is 39.5. The van der Waals surface area contributed by atoms with Gasteiger partial charge in [0, 0.05) is 29.8 Å². The molecule has 0 spiro atoms. The van der Waals surface area contributed by atoms with Gasteiger partial charge in [0.05, 0.1) is 5.69 Å². The van der Waals surface area contributed by atoms with Crippen LogP contribution in [0.5, 0.6) is 0 Å². The van der Waals surface area contributed by atoms with E-state index < -0.39 is 29.4 Å². The maximum absolute atomic E-state index is 13.9. The number of ketones is 1. The normalized spacial score (nSPS) is 18.2. The Balaban J connectivity index is 1.68. The molecule has 2 amide bonds. The predicted molar refractivity (Wildman–Crippen MR) is 99.3 cm³/mol. The van der Waals surface area contributed by atoms with Crippen LogP contribution in [0.25, 0.3) is 0 Å². The topological polar surface area (TPSA) is 66.5 Å². The molecular weight excluding hydrogens is 366 g/mol. The molecule has 2 aromatic rings. The number of carbonyl (C=O) groups excluding carboxylic acids is 3. The van der Waals surface area contributed by atoms with E-state index in [0.29, 0.717) is 29.4 Å². The molecule has 0 bridgehead atoms. The van der Waals surface area contributed by atoms with Crippen LogP contribution in [-0.4, -0.2) is 24.1 Å². The van der Waals surface area contributed by atoms with Crippen molar-refractivity contribution in [3.05, 3.63) is 59.2 Å². The van der Waals surface area contributed by atoms with Gasteiger partial charge in [0.15, 0.2) is 5.78 Å². The number of likely N-dealkylation sites (N-methyl/N-ethyl adjacent to an activating group) is 1. The average molecular weight is 384 g/mol. The van der Waals surface area contributed by atoms with E-state index in [1.807, 2.05) is 0 Å². The third-order valence-corrected chi connectivity index (χ3v) is 5.14. The summed E-state index contributed by atoms with van der Waals surface area (Å²) < 4.78 is 27.0. The SMILES string of the molecule is CCN1C(=O)C(C(=O)Nc2ccc(F)cc2F)c2cc(C(=O)C3CC3)ccc21. The number of halogens is 2. The second-order valence-corrected chi connectivity index (χ2v) is 7.04. The summed E-state index contributed by atoms with van der Waals surface area (Å²) in [6.45, 7) is 2.14. The van der Waals surface area contributed by atoms with Gasteiger partial charge in [-0.15, -0.1) is 0 Å². The van der Waals surface area contributed by atoms with Crippen LogP contribution >= 0.6 is 0 Å². The van der Waals surface area contributed by atoms with Crippen LogP contribution in [0.2, 0.25) is 0 Å². The van der Waals surface area contributed by atoms with Crippen LogP contribution in [0.1, 0.15) is 41.6 Å². The van der Waals surface area contributed by atoms with Gasteiger partial charge in [0.25, 0.3) is 0 Å². The van der Waals surface area contributed by atoms with Crippen molar-refractivity contribution >= 4 is 29.0 Å². The Morgan fingerprint density at radius 3 is 2.54 bits per heavy atom. The van der Waals surface area contributed by atoms with Crippen molar-refractivity contribution in [2.45, 2.75) is 25.7 Å². The maximum Gasteiger partial charge on any atom is 0.244 e. The fourth-order valence-electron chi connectivity index (χ4n) is 3.55. The summed E-state index contributed by atoms with van der Waals surface area (Å²) in [6, 6.07) is 7.73. The minimum absolute atomic E-state index is 0.00827. The van der Waals surface area contributed by atoms with Gasteiger partial charge in [0.2, 0.25) is 11.8 Å². The van der Waals surface area contributed by atoms with E-state index in [0.717, 1.165) is 25.0 Å². The van der Waals surface area contributed by atoms with Crippen molar-refractivity contribution in [1.82, 2.24) is 0 Å². The first-order chi connectivity index (χ1) is 13.4. The molecule has 1 N–H and O–H groups in total. The fraction of sp³-hybridized carbons (Fsp3) is 0.286. The quantitative estimate of drug-likeness (QED) is 0.632. The van der Waals surface area contributed by atoms with Crippen molar-refractivity contribution in [2.75, 3.05) is 16.8 Å². The first kappa shape index (κ1) is 18.3. The molecule has 5 nitrogen and oxygen atoms in total. The van der Waals surface area contributed by atoms with Crippen molar-refractivity contribution in [3.8, 4) is 0 Å². The molecule has 1 aliphatic carbocycles. The second-order valence-electron chi connectivity index (χ2n) is 7.04. The third kappa shape index (κ3) is 3.06. The van der Waals surface area contributed by atoms with Gasteiger partial charge in [0.1, 0.15) is 17.6 Å². The lowest BCUT2D eigenvalue weighted by Gasteiger charge is -2.15. The van der Waals surface area contributed by atoms with Gasteiger partial charge in [-0.05, 0) is 55.7 Å². The molecule has 0 radical (unpaired) electrons. The Hall–Kier alpha value is -3.09. The summed E-state index contributed by atoms with van der Waals surface area (Å²) in [5.74, 6) is -4.02. The van der Waals surface area contributed by atoms with Crippen molar-refractivity contribution in [1.29, 1.82) is 0 Å². The smallest absolute Gasteiger partial charge is 0.244 e. The zero-order chi connectivity index (χ0) is 20.0. The van der Waals surface area contributed by atoms with Gasteiger partial charge in [-0.1, -0.05) is 0 Å². The van der Waals surface area contributed by atoms with Crippen LogP contribution in [-0.2, 0) is 9.59 Å². The molecule has 2 aliphatic rings. The molecule has 144 valence electrons. The second kappa shape index (κ2) is 6.82. The van der Waals surface area contributed by atoms with E-state index in [1.165, 1.54) is 4.90 Å². The molecule has 4 rings (SSSR count). The van der Waals surface area contributed by atoms with Gasteiger partial charge in [-0.25, -0.2) is 8.78 Å². The Labute approximate surface area is 160 Å². The Bertz CT molecular complexity index is 1000. The lowest BCUT2D eigenvalue weighted by atomic mass is 9.95. The van der Waals surface area contributed by atoms with Crippen molar-refractivity contribution in [3.63, 3.8) is 0 Å². The Morgan fingerprint density at radius 2 is 1.89 bits per heavy atom. The van der Waals surface area contributed by atoms with E-state index in [-0.39, 0.29) is 17.4 Å². The minimum Gasteiger partial charge on any atom is -0.323 e. The number of nitrogens with zero attached hydrogens (tertiary/aromatic N) is 1. The molecule has 1 fully saturated rings. The molecule has 0 saturated heterocycles. The summed E-state index contributed by atoms with van der Waals surface area (Å²) >= 11 is 0. The Morgan fingerprint density at radius 1 is 1.14 bits per heavy atom. The van der Waals surface area contributed by atoms with Crippen LogP contribution < -0.4 is 10.2 Å². The molecule has 7 heteroatoms. The lowest BCUT2D eigenvalue weighted by Crippen LogP contribution is -2.33. The zero-order valence-electron chi connectivity index (χ0n) is 15.2. The number of rotatable bonds is 5. The third-order valence-electron chi connectivity index (χ3n) is 5.14. The van der Waals surface area contributed by atoms with Gasteiger partial charge in [-0.3, -0.25) is 14.4 Å². The number of Topliss-reactive ketones (excluding diaryl/α,β-unsaturated/α-hetero) is 1. The molecule has 2 aromatic carbocycles. The van der Waals surface area contributed by atoms with Crippen LogP contribution in [0.15, 0.2) is 36.4 Å². The van der Waals surface area contributed by atoms with Crippen LogP contribution in [0.4, 0.5) is 20.2 Å². The minimum atomic E-state index is -1.19. The zero-order valence-corrected chi connectivity index (χ0v) is 15.2. The number of fused-ring (bicyclic) bond motifs is 1. The van der Waals surface area contributed by atoms with Crippen LogP contribution in [0.3, 0.4) is 0 Å². The molecule has 1 aliphatic heterocycles. The summed E-state index contributed by atoms with van der Waals surface area (Å²) in [5.41, 5.74) is 1.26. The summed E-state index contributed by atoms with van der Waals surface area (Å²) in [7, 11) is 0. The number of carbonyl (C=O) groups is 3. The lowest BCUT2D eigenvalue weighted by molar-refractivity contribution is -0.126. The predicted octanol–water partition coefficient (Wildman–Crippen LogP) is 3.65. The van der Waals surface area contributed by atoms with Crippen molar-refractivity contribution in [2.24, 2.45) is 5.92 Å².